The van der Waals surface area contributed by atoms with Crippen molar-refractivity contribution in [3.63, 3.8) is 0 Å². The van der Waals surface area contributed by atoms with Gasteiger partial charge in [0, 0.05) is 10.6 Å². The maximum Gasteiger partial charge on any atom is 0.275 e. The summed E-state index contributed by atoms with van der Waals surface area (Å²) in [5.74, 6) is -0.727. The van der Waals surface area contributed by atoms with E-state index in [0.717, 1.165) is 6.21 Å². The van der Waals surface area contributed by atoms with Crippen LogP contribution in [-0.4, -0.2) is 19.2 Å². The van der Waals surface area contributed by atoms with Gasteiger partial charge in [0.15, 0.2) is 0 Å². The van der Waals surface area contributed by atoms with Crippen LogP contribution in [0.2, 0.25) is 10.0 Å². The van der Waals surface area contributed by atoms with Crippen molar-refractivity contribution in [2.45, 2.75) is 0 Å². The van der Waals surface area contributed by atoms with Gasteiger partial charge in [-0.2, -0.15) is 5.10 Å². The van der Waals surface area contributed by atoms with Gasteiger partial charge in [-0.3, -0.25) is 4.79 Å². The van der Waals surface area contributed by atoms with Gasteiger partial charge in [-0.05, 0) is 30.3 Å². The third-order valence-corrected chi connectivity index (χ3v) is 3.33. The molecule has 1 amide bonds. The van der Waals surface area contributed by atoms with Gasteiger partial charge < -0.3 is 4.74 Å². The van der Waals surface area contributed by atoms with Crippen molar-refractivity contribution < 1.29 is 13.9 Å². The summed E-state index contributed by atoms with van der Waals surface area (Å²) in [6.45, 7) is 0. The van der Waals surface area contributed by atoms with Gasteiger partial charge in [0.2, 0.25) is 0 Å². The maximum atomic E-state index is 13.5. The zero-order valence-corrected chi connectivity index (χ0v) is 13.0. The van der Waals surface area contributed by atoms with Crippen LogP contribution < -0.4 is 10.2 Å². The van der Waals surface area contributed by atoms with Crippen LogP contribution in [0, 0.1) is 5.82 Å². The summed E-state index contributed by atoms with van der Waals surface area (Å²) in [5, 5.41) is 4.27. The molecule has 0 heterocycles. The van der Waals surface area contributed by atoms with Crippen LogP contribution in [0.5, 0.6) is 5.75 Å². The second kappa shape index (κ2) is 7.24. The van der Waals surface area contributed by atoms with E-state index in [2.05, 4.69) is 10.5 Å². The number of carbonyl (C=O) groups is 1. The van der Waals surface area contributed by atoms with Crippen LogP contribution in [0.3, 0.4) is 0 Å². The Labute approximate surface area is 136 Å². The third kappa shape index (κ3) is 3.75. The highest BCUT2D eigenvalue weighted by Gasteiger charge is 2.12. The number of hydrogen-bond acceptors (Lipinski definition) is 3. The molecule has 0 aliphatic heterocycles. The quantitative estimate of drug-likeness (QED) is 0.677. The molecule has 0 saturated carbocycles. The number of nitrogens with one attached hydrogen (secondary N) is 1. The maximum absolute atomic E-state index is 13.5. The summed E-state index contributed by atoms with van der Waals surface area (Å²) in [6, 6.07) is 8.85. The number of nitrogens with zero attached hydrogens (tertiary/aromatic N) is 1. The number of methoxy groups -OCH3 is 1. The van der Waals surface area contributed by atoms with Crippen molar-refractivity contribution in [2.24, 2.45) is 5.10 Å². The van der Waals surface area contributed by atoms with Crippen molar-refractivity contribution in [3.8, 4) is 5.75 Å². The average molecular weight is 341 g/mol. The molecule has 0 aromatic heterocycles. The molecule has 2 aromatic rings. The van der Waals surface area contributed by atoms with Gasteiger partial charge in [0.25, 0.3) is 5.91 Å². The summed E-state index contributed by atoms with van der Waals surface area (Å²) < 4.78 is 18.6. The Morgan fingerprint density at radius 3 is 2.77 bits per heavy atom. The van der Waals surface area contributed by atoms with Crippen molar-refractivity contribution in [1.82, 2.24) is 5.43 Å². The minimum absolute atomic E-state index is 0.0857. The van der Waals surface area contributed by atoms with E-state index in [1.54, 1.807) is 12.1 Å². The zero-order chi connectivity index (χ0) is 16.1. The number of hydrazone groups is 1. The van der Waals surface area contributed by atoms with E-state index in [1.807, 2.05) is 0 Å². The number of rotatable bonds is 4. The van der Waals surface area contributed by atoms with E-state index >= 15 is 0 Å². The normalized spacial score (nSPS) is 10.7. The Balaban J connectivity index is 2.17. The lowest BCUT2D eigenvalue weighted by Crippen LogP contribution is -2.18. The molecule has 0 fully saturated rings. The first-order valence-electron chi connectivity index (χ1n) is 6.14. The molecule has 2 rings (SSSR count). The summed E-state index contributed by atoms with van der Waals surface area (Å²) in [4.78, 5) is 12.0. The first-order valence-corrected chi connectivity index (χ1v) is 6.89. The molecule has 0 unspecified atom stereocenters. The Bertz CT molecular complexity index is 715. The highest BCUT2D eigenvalue weighted by Crippen LogP contribution is 2.22. The third-order valence-electron chi connectivity index (χ3n) is 2.77. The van der Waals surface area contributed by atoms with Gasteiger partial charge in [-0.1, -0.05) is 29.3 Å². The van der Waals surface area contributed by atoms with Crippen molar-refractivity contribution >= 4 is 35.3 Å². The molecule has 7 heteroatoms. The van der Waals surface area contributed by atoms with Crippen LogP contribution in [0.15, 0.2) is 41.5 Å². The molecule has 4 nitrogen and oxygen atoms in total. The SMILES string of the molecule is COc1ccc(Cl)cc1C(=O)N/N=C/c1c(F)cccc1Cl. The number of ether oxygens (including phenoxy) is 1. The van der Waals surface area contributed by atoms with Crippen LogP contribution in [-0.2, 0) is 0 Å². The van der Waals surface area contributed by atoms with Crippen LogP contribution in [0.25, 0.3) is 0 Å². The highest BCUT2D eigenvalue weighted by atomic mass is 35.5. The summed E-state index contributed by atoms with van der Waals surface area (Å²) >= 11 is 11.7. The van der Waals surface area contributed by atoms with E-state index in [4.69, 9.17) is 27.9 Å². The molecule has 114 valence electrons. The van der Waals surface area contributed by atoms with Crippen LogP contribution >= 0.6 is 23.2 Å². The zero-order valence-electron chi connectivity index (χ0n) is 11.4. The fourth-order valence-electron chi connectivity index (χ4n) is 1.71. The first kappa shape index (κ1) is 16.3. The van der Waals surface area contributed by atoms with Crippen molar-refractivity contribution in [2.75, 3.05) is 7.11 Å². The highest BCUT2D eigenvalue weighted by molar-refractivity contribution is 6.33. The van der Waals surface area contributed by atoms with Crippen molar-refractivity contribution in [1.29, 1.82) is 0 Å². The second-order valence-electron chi connectivity index (χ2n) is 4.18. The minimum Gasteiger partial charge on any atom is -0.496 e. The standard InChI is InChI=1S/C15H11Cl2FN2O2/c1-22-14-6-5-9(16)7-10(14)15(21)20-19-8-11-12(17)3-2-4-13(11)18/h2-8H,1H3,(H,20,21)/b19-8+. The lowest BCUT2D eigenvalue weighted by atomic mass is 10.2. The monoisotopic (exact) mass is 340 g/mol. The number of hydrogen-bond donors (Lipinski definition) is 1. The predicted molar refractivity (Wildman–Crippen MR) is 84.5 cm³/mol. The lowest BCUT2D eigenvalue weighted by molar-refractivity contribution is 0.0952. The fraction of sp³-hybridized carbons (Fsp3) is 0.0667. The Morgan fingerprint density at radius 1 is 1.32 bits per heavy atom. The summed E-state index contributed by atoms with van der Waals surface area (Å²) in [6.07, 6.45) is 1.13. The van der Waals surface area contributed by atoms with E-state index < -0.39 is 11.7 Å². The summed E-state index contributed by atoms with van der Waals surface area (Å²) in [7, 11) is 1.43. The number of benzene rings is 2. The van der Waals surface area contributed by atoms with Crippen LogP contribution in [0.4, 0.5) is 4.39 Å². The molecule has 0 aliphatic carbocycles. The largest absolute Gasteiger partial charge is 0.496 e. The fourth-order valence-corrected chi connectivity index (χ4v) is 2.09. The Morgan fingerprint density at radius 2 is 2.09 bits per heavy atom. The van der Waals surface area contributed by atoms with Crippen LogP contribution in [0.1, 0.15) is 15.9 Å². The molecule has 2 aromatic carbocycles. The predicted octanol–water partition coefficient (Wildman–Crippen LogP) is 3.91. The van der Waals surface area contributed by atoms with Gasteiger partial charge in [0.05, 0.1) is 23.9 Å². The second-order valence-corrected chi connectivity index (χ2v) is 5.02. The van der Waals surface area contributed by atoms with Gasteiger partial charge in [0.1, 0.15) is 11.6 Å². The molecule has 1 N–H and O–H groups in total. The molecule has 0 aliphatic rings. The molecule has 22 heavy (non-hydrogen) atoms. The van der Waals surface area contributed by atoms with Gasteiger partial charge in [-0.25, -0.2) is 9.82 Å². The summed E-state index contributed by atoms with van der Waals surface area (Å²) in [5.41, 5.74) is 2.57. The number of carbonyl (C=O) groups excluding carboxylic acids is 1. The van der Waals surface area contributed by atoms with Crippen molar-refractivity contribution in [3.05, 3.63) is 63.4 Å². The Hall–Kier alpha value is -2.11. The number of amides is 1. The molecular weight excluding hydrogens is 330 g/mol. The molecule has 0 spiro atoms. The van der Waals surface area contributed by atoms with E-state index in [1.165, 1.54) is 31.4 Å². The van der Waals surface area contributed by atoms with Gasteiger partial charge in [-0.15, -0.1) is 0 Å². The smallest absolute Gasteiger partial charge is 0.275 e. The van der Waals surface area contributed by atoms with E-state index in [-0.39, 0.29) is 16.1 Å². The molecule has 0 saturated heterocycles. The molecular formula is C15H11Cl2FN2O2. The van der Waals surface area contributed by atoms with E-state index in [9.17, 15) is 9.18 Å². The first-order chi connectivity index (χ1) is 10.5. The number of halogens is 3. The lowest BCUT2D eigenvalue weighted by Gasteiger charge is -2.07. The van der Waals surface area contributed by atoms with E-state index in [0.29, 0.717) is 10.8 Å². The topological polar surface area (TPSA) is 50.7 Å². The van der Waals surface area contributed by atoms with Gasteiger partial charge >= 0.3 is 0 Å². The molecule has 0 atom stereocenters. The Kier molecular flexibility index (Phi) is 5.35. The minimum atomic E-state index is -0.539. The molecule has 0 bridgehead atoms. The average Bonchev–Trinajstić information content (AvgIpc) is 2.50. The molecule has 0 radical (unpaired) electrons.